The van der Waals surface area contributed by atoms with Gasteiger partial charge in [0.05, 0.1) is 6.61 Å². The highest BCUT2D eigenvalue weighted by molar-refractivity contribution is 9.10. The minimum atomic E-state index is -0.797. The molecular weight excluding hydrogens is 440 g/mol. The van der Waals surface area contributed by atoms with Gasteiger partial charge in [-0.25, -0.2) is 4.79 Å². The van der Waals surface area contributed by atoms with Crippen LogP contribution in [-0.4, -0.2) is 37.7 Å². The van der Waals surface area contributed by atoms with E-state index in [1.807, 2.05) is 24.3 Å². The molecular formula is C21H21BrN2O5. The monoisotopic (exact) mass is 460 g/mol. The second kappa shape index (κ2) is 11.7. The number of carbonyl (C=O) groups excluding carboxylic acids is 3. The highest BCUT2D eigenvalue weighted by atomic mass is 79.9. The maximum atomic E-state index is 12.1. The lowest BCUT2D eigenvalue weighted by atomic mass is 10.2. The van der Waals surface area contributed by atoms with Gasteiger partial charge in [-0.05, 0) is 55.0 Å². The fourth-order valence-electron chi connectivity index (χ4n) is 2.22. The molecule has 0 saturated heterocycles. The lowest BCUT2D eigenvalue weighted by molar-refractivity contribution is -0.116. The van der Waals surface area contributed by atoms with Crippen LogP contribution in [0.15, 0.2) is 59.1 Å². The van der Waals surface area contributed by atoms with Gasteiger partial charge in [-0.15, -0.1) is 0 Å². The summed E-state index contributed by atoms with van der Waals surface area (Å²) in [7, 11) is 0. The molecule has 0 bridgehead atoms. The van der Waals surface area contributed by atoms with Crippen molar-refractivity contribution in [2.45, 2.75) is 6.92 Å². The van der Waals surface area contributed by atoms with Gasteiger partial charge in [-0.2, -0.15) is 0 Å². The summed E-state index contributed by atoms with van der Waals surface area (Å²) in [6, 6.07) is 13.6. The van der Waals surface area contributed by atoms with Crippen LogP contribution in [0.2, 0.25) is 0 Å². The summed E-state index contributed by atoms with van der Waals surface area (Å²) in [4.78, 5) is 35.1. The molecule has 0 saturated carbocycles. The summed E-state index contributed by atoms with van der Waals surface area (Å²) in [5, 5.41) is 5.39. The molecule has 0 radical (unpaired) electrons. The maximum absolute atomic E-state index is 12.1. The van der Waals surface area contributed by atoms with Gasteiger partial charge >= 0.3 is 6.16 Å². The lowest BCUT2D eigenvalue weighted by Crippen LogP contribution is -2.33. The average Bonchev–Trinajstić information content (AvgIpc) is 2.70. The van der Waals surface area contributed by atoms with E-state index < -0.39 is 6.16 Å². The molecule has 2 aromatic rings. The first kappa shape index (κ1) is 22.2. The van der Waals surface area contributed by atoms with E-state index >= 15 is 0 Å². The Morgan fingerprint density at radius 3 is 2.45 bits per heavy atom. The van der Waals surface area contributed by atoms with Crippen LogP contribution in [0.3, 0.4) is 0 Å². The Balaban J connectivity index is 1.71. The Labute approximate surface area is 177 Å². The molecule has 0 fully saturated rings. The minimum absolute atomic E-state index is 0.218. The van der Waals surface area contributed by atoms with Crippen molar-refractivity contribution >= 4 is 40.0 Å². The number of hydrogen-bond donors (Lipinski definition) is 2. The Bertz CT molecular complexity index is 881. The summed E-state index contributed by atoms with van der Waals surface area (Å²) in [6.07, 6.45) is 2.35. The van der Waals surface area contributed by atoms with Crippen LogP contribution >= 0.6 is 15.9 Å². The van der Waals surface area contributed by atoms with E-state index in [0.717, 1.165) is 10.0 Å². The van der Waals surface area contributed by atoms with E-state index in [1.54, 1.807) is 13.0 Å². The molecule has 0 atom stereocenters. The summed E-state index contributed by atoms with van der Waals surface area (Å²) in [5.41, 5.74) is 1.31. The van der Waals surface area contributed by atoms with Gasteiger partial charge in [0.25, 0.3) is 5.91 Å². The zero-order chi connectivity index (χ0) is 21.1. The predicted octanol–water partition coefficient (Wildman–Crippen LogP) is 3.54. The Morgan fingerprint density at radius 2 is 1.76 bits per heavy atom. The van der Waals surface area contributed by atoms with E-state index in [2.05, 4.69) is 31.3 Å². The normalized spacial score (nSPS) is 10.4. The Hall–Kier alpha value is -3.13. The van der Waals surface area contributed by atoms with Gasteiger partial charge in [0, 0.05) is 29.2 Å². The zero-order valence-corrected chi connectivity index (χ0v) is 17.4. The number of ether oxygens (including phenoxy) is 2. The lowest BCUT2D eigenvalue weighted by Gasteiger charge is -2.07. The van der Waals surface area contributed by atoms with Gasteiger partial charge in [0.1, 0.15) is 5.75 Å². The van der Waals surface area contributed by atoms with E-state index in [4.69, 9.17) is 4.74 Å². The maximum Gasteiger partial charge on any atom is 0.513 e. The van der Waals surface area contributed by atoms with Crippen LogP contribution in [-0.2, 0) is 9.53 Å². The predicted molar refractivity (Wildman–Crippen MR) is 113 cm³/mol. The van der Waals surface area contributed by atoms with Gasteiger partial charge in [-0.3, -0.25) is 9.59 Å². The second-order valence-corrected chi connectivity index (χ2v) is 6.66. The second-order valence-electron chi connectivity index (χ2n) is 5.74. The number of halogens is 1. The topological polar surface area (TPSA) is 93.7 Å². The van der Waals surface area contributed by atoms with Gasteiger partial charge in [0.2, 0.25) is 5.91 Å². The molecule has 2 N–H and O–H groups in total. The van der Waals surface area contributed by atoms with Crippen molar-refractivity contribution in [1.29, 1.82) is 0 Å². The summed E-state index contributed by atoms with van der Waals surface area (Å²) in [6.45, 7) is 2.46. The molecule has 0 aliphatic carbocycles. The number of hydrogen-bond acceptors (Lipinski definition) is 5. The van der Waals surface area contributed by atoms with Gasteiger partial charge in [0.15, 0.2) is 0 Å². The van der Waals surface area contributed by atoms with Crippen LogP contribution in [0.1, 0.15) is 22.8 Å². The number of benzene rings is 2. The summed E-state index contributed by atoms with van der Waals surface area (Å²) >= 11 is 3.37. The van der Waals surface area contributed by atoms with Crippen molar-refractivity contribution in [3.8, 4) is 5.75 Å². The molecule has 2 aromatic carbocycles. The molecule has 0 aromatic heterocycles. The van der Waals surface area contributed by atoms with E-state index in [-0.39, 0.29) is 37.3 Å². The van der Waals surface area contributed by atoms with E-state index in [1.165, 1.54) is 30.3 Å². The summed E-state index contributed by atoms with van der Waals surface area (Å²) < 4.78 is 10.5. The largest absolute Gasteiger partial charge is 0.513 e. The standard InChI is InChI=1S/C21H21BrN2O5/c1-2-28-21(27)29-18-9-7-16(8-10-18)20(26)24-13-12-23-19(25)11-6-15-4-3-5-17(22)14-15/h3-11,14H,2,12-13H2,1H3,(H,23,25)(H,24,26)/b11-6+. The molecule has 7 nitrogen and oxygen atoms in total. The first-order chi connectivity index (χ1) is 14.0. The van der Waals surface area contributed by atoms with Crippen LogP contribution < -0.4 is 15.4 Å². The smallest absolute Gasteiger partial charge is 0.434 e. The highest BCUT2D eigenvalue weighted by Gasteiger charge is 2.08. The Kier molecular flexibility index (Phi) is 8.91. The molecule has 152 valence electrons. The number of nitrogens with one attached hydrogen (secondary N) is 2. The molecule has 0 unspecified atom stereocenters. The van der Waals surface area contributed by atoms with Crippen LogP contribution in [0.5, 0.6) is 5.75 Å². The van der Waals surface area contributed by atoms with E-state index in [0.29, 0.717) is 5.56 Å². The molecule has 0 aliphatic heterocycles. The SMILES string of the molecule is CCOC(=O)Oc1ccc(C(=O)NCCNC(=O)/C=C/c2cccc(Br)c2)cc1. The van der Waals surface area contributed by atoms with Crippen molar-refractivity contribution in [2.75, 3.05) is 19.7 Å². The van der Waals surface area contributed by atoms with Crippen molar-refractivity contribution < 1.29 is 23.9 Å². The zero-order valence-electron chi connectivity index (χ0n) is 15.8. The van der Waals surface area contributed by atoms with E-state index in [9.17, 15) is 14.4 Å². The number of amides is 2. The van der Waals surface area contributed by atoms with Gasteiger partial charge < -0.3 is 20.1 Å². The minimum Gasteiger partial charge on any atom is -0.434 e. The fraction of sp³-hybridized carbons (Fsp3) is 0.190. The van der Waals surface area contributed by atoms with Crippen molar-refractivity contribution in [3.05, 3.63) is 70.2 Å². The number of rotatable bonds is 8. The van der Waals surface area contributed by atoms with Gasteiger partial charge in [-0.1, -0.05) is 28.1 Å². The first-order valence-corrected chi connectivity index (χ1v) is 9.71. The highest BCUT2D eigenvalue weighted by Crippen LogP contribution is 2.13. The molecule has 2 amide bonds. The average molecular weight is 461 g/mol. The van der Waals surface area contributed by atoms with Crippen LogP contribution in [0.4, 0.5) is 4.79 Å². The van der Waals surface area contributed by atoms with Crippen LogP contribution in [0.25, 0.3) is 6.08 Å². The third kappa shape index (κ3) is 8.18. The van der Waals surface area contributed by atoms with Crippen molar-refractivity contribution in [3.63, 3.8) is 0 Å². The van der Waals surface area contributed by atoms with Crippen LogP contribution in [0, 0.1) is 0 Å². The molecule has 0 spiro atoms. The quantitative estimate of drug-likeness (QED) is 0.272. The number of carbonyl (C=O) groups is 3. The molecule has 8 heteroatoms. The third-order valence-electron chi connectivity index (χ3n) is 3.57. The molecule has 2 rings (SSSR count). The first-order valence-electron chi connectivity index (χ1n) is 8.92. The summed E-state index contributed by atoms with van der Waals surface area (Å²) in [5.74, 6) is -0.268. The van der Waals surface area contributed by atoms with Crippen molar-refractivity contribution in [2.24, 2.45) is 0 Å². The van der Waals surface area contributed by atoms with Crippen molar-refractivity contribution in [1.82, 2.24) is 10.6 Å². The Morgan fingerprint density at radius 1 is 1.03 bits per heavy atom. The molecule has 0 heterocycles. The molecule has 0 aliphatic rings. The fourth-order valence-corrected chi connectivity index (χ4v) is 2.64. The third-order valence-corrected chi connectivity index (χ3v) is 4.06. The molecule has 29 heavy (non-hydrogen) atoms.